The molecule has 5 heteroatoms. The monoisotopic (exact) mass is 265 g/mol. The number of aryl methyl sites for hydroxylation is 1. The van der Waals surface area contributed by atoms with Crippen molar-refractivity contribution in [1.29, 1.82) is 0 Å². The maximum absolute atomic E-state index is 13.2. The van der Waals surface area contributed by atoms with Crippen LogP contribution >= 0.6 is 0 Å². The average molecular weight is 265 g/mol. The summed E-state index contributed by atoms with van der Waals surface area (Å²) in [6.45, 7) is 3.73. The number of H-pyrrole nitrogens is 1. The zero-order valence-electron chi connectivity index (χ0n) is 10.6. The zero-order valence-corrected chi connectivity index (χ0v) is 10.6. The van der Waals surface area contributed by atoms with E-state index in [-0.39, 0.29) is 6.61 Å². The molecule has 0 unspecified atom stereocenters. The molecule has 3 nitrogen and oxygen atoms in total. The third kappa shape index (κ3) is 2.65. The van der Waals surface area contributed by atoms with E-state index in [4.69, 9.17) is 4.74 Å². The first kappa shape index (κ1) is 13.3. The molecule has 1 N–H and O–H groups in total. The van der Waals surface area contributed by atoms with Crippen molar-refractivity contribution in [2.24, 2.45) is 0 Å². The van der Waals surface area contributed by atoms with Gasteiger partial charge in [-0.3, -0.25) is 0 Å². The Bertz CT molecular complexity index is 620. The molecular weight excluding hydrogens is 252 g/mol. The van der Waals surface area contributed by atoms with E-state index in [9.17, 15) is 13.6 Å². The summed E-state index contributed by atoms with van der Waals surface area (Å²) in [7, 11) is 0. The number of hydrogen-bond acceptors (Lipinski definition) is 2. The summed E-state index contributed by atoms with van der Waals surface area (Å²) >= 11 is 0. The van der Waals surface area contributed by atoms with Crippen LogP contribution in [0.4, 0.5) is 8.78 Å². The molecule has 0 amide bonds. The topological polar surface area (TPSA) is 42.1 Å². The van der Waals surface area contributed by atoms with Crippen molar-refractivity contribution in [3.63, 3.8) is 0 Å². The lowest BCUT2D eigenvalue weighted by atomic mass is 10.1. The summed E-state index contributed by atoms with van der Waals surface area (Å²) in [6, 6.07) is 5.26. The van der Waals surface area contributed by atoms with Gasteiger partial charge in [-0.2, -0.15) is 0 Å². The average Bonchev–Trinajstić information content (AvgIpc) is 2.75. The van der Waals surface area contributed by atoms with Crippen LogP contribution in [0.2, 0.25) is 0 Å². The third-order valence-corrected chi connectivity index (χ3v) is 2.73. The summed E-state index contributed by atoms with van der Waals surface area (Å²) in [6.07, 6.45) is 0. The molecule has 0 bridgehead atoms. The number of halogens is 2. The molecule has 19 heavy (non-hydrogen) atoms. The van der Waals surface area contributed by atoms with Gasteiger partial charge in [0.25, 0.3) is 0 Å². The van der Waals surface area contributed by atoms with Crippen LogP contribution in [0, 0.1) is 18.6 Å². The van der Waals surface area contributed by atoms with E-state index in [0.717, 1.165) is 12.1 Å². The second-order valence-electron chi connectivity index (χ2n) is 4.09. The van der Waals surface area contributed by atoms with Crippen LogP contribution < -0.4 is 0 Å². The Morgan fingerprint density at radius 2 is 2.00 bits per heavy atom. The number of aromatic nitrogens is 1. The van der Waals surface area contributed by atoms with Crippen molar-refractivity contribution >= 4 is 5.97 Å². The maximum atomic E-state index is 13.2. The van der Waals surface area contributed by atoms with E-state index in [1.54, 1.807) is 19.9 Å². The Labute approximate surface area is 109 Å². The van der Waals surface area contributed by atoms with Gasteiger partial charge in [0, 0.05) is 11.3 Å². The number of aromatic amines is 1. The SMILES string of the molecule is CCOC(=O)c1[nH]c(-c2ccc(F)c(F)c2)cc1C. The summed E-state index contributed by atoms with van der Waals surface area (Å²) in [5.41, 5.74) is 2.02. The molecule has 100 valence electrons. The number of nitrogens with one attached hydrogen (secondary N) is 1. The molecule has 0 atom stereocenters. The first-order valence-corrected chi connectivity index (χ1v) is 5.85. The fourth-order valence-electron chi connectivity index (χ4n) is 1.79. The van der Waals surface area contributed by atoms with Gasteiger partial charge >= 0.3 is 5.97 Å². The lowest BCUT2D eigenvalue weighted by Gasteiger charge is -2.01. The van der Waals surface area contributed by atoms with Gasteiger partial charge in [0.05, 0.1) is 6.61 Å². The largest absolute Gasteiger partial charge is 0.461 e. The van der Waals surface area contributed by atoms with Crippen LogP contribution in [-0.2, 0) is 4.74 Å². The quantitative estimate of drug-likeness (QED) is 0.864. The van der Waals surface area contributed by atoms with Crippen molar-refractivity contribution in [2.45, 2.75) is 13.8 Å². The lowest BCUT2D eigenvalue weighted by molar-refractivity contribution is 0.0519. The highest BCUT2D eigenvalue weighted by Gasteiger charge is 2.15. The summed E-state index contributed by atoms with van der Waals surface area (Å²) < 4.78 is 30.9. The lowest BCUT2D eigenvalue weighted by Crippen LogP contribution is -2.06. The van der Waals surface area contributed by atoms with E-state index >= 15 is 0 Å². The Kier molecular flexibility index (Phi) is 3.64. The molecule has 2 rings (SSSR count). The molecule has 0 spiro atoms. The highest BCUT2D eigenvalue weighted by Crippen LogP contribution is 2.23. The minimum absolute atomic E-state index is 0.276. The van der Waals surface area contributed by atoms with Crippen LogP contribution in [0.1, 0.15) is 23.0 Å². The van der Waals surface area contributed by atoms with Crippen LogP contribution in [0.15, 0.2) is 24.3 Å². The Morgan fingerprint density at radius 1 is 1.26 bits per heavy atom. The molecule has 0 saturated carbocycles. The second-order valence-corrected chi connectivity index (χ2v) is 4.09. The van der Waals surface area contributed by atoms with Crippen molar-refractivity contribution < 1.29 is 18.3 Å². The number of esters is 1. The minimum atomic E-state index is -0.928. The van der Waals surface area contributed by atoms with E-state index in [2.05, 4.69) is 4.98 Å². The maximum Gasteiger partial charge on any atom is 0.355 e. The Morgan fingerprint density at radius 3 is 2.63 bits per heavy atom. The number of ether oxygens (including phenoxy) is 1. The molecule has 1 aromatic heterocycles. The van der Waals surface area contributed by atoms with E-state index < -0.39 is 17.6 Å². The predicted octanol–water partition coefficient (Wildman–Crippen LogP) is 3.45. The zero-order chi connectivity index (χ0) is 14.0. The van der Waals surface area contributed by atoms with Crippen LogP contribution in [-0.4, -0.2) is 17.6 Å². The molecule has 0 aliphatic heterocycles. The van der Waals surface area contributed by atoms with Crippen molar-refractivity contribution in [1.82, 2.24) is 4.98 Å². The van der Waals surface area contributed by atoms with Gasteiger partial charge in [-0.05, 0) is 43.7 Å². The molecule has 0 saturated heterocycles. The van der Waals surface area contributed by atoms with Gasteiger partial charge in [-0.1, -0.05) is 0 Å². The normalized spacial score (nSPS) is 10.5. The Hall–Kier alpha value is -2.17. The first-order chi connectivity index (χ1) is 9.02. The standard InChI is InChI=1S/C14H13F2NO2/c1-3-19-14(18)13-8(2)6-12(17-13)9-4-5-10(15)11(16)7-9/h4-7,17H,3H2,1-2H3. The third-order valence-electron chi connectivity index (χ3n) is 2.73. The van der Waals surface area contributed by atoms with Gasteiger partial charge in [-0.15, -0.1) is 0 Å². The van der Waals surface area contributed by atoms with Crippen LogP contribution in [0.3, 0.4) is 0 Å². The predicted molar refractivity (Wildman–Crippen MR) is 66.8 cm³/mol. The van der Waals surface area contributed by atoms with Crippen LogP contribution in [0.25, 0.3) is 11.3 Å². The van der Waals surface area contributed by atoms with Gasteiger partial charge in [0.1, 0.15) is 5.69 Å². The molecule has 0 radical (unpaired) electrons. The van der Waals surface area contributed by atoms with E-state index in [0.29, 0.717) is 22.5 Å². The fourth-order valence-corrected chi connectivity index (χ4v) is 1.79. The van der Waals surface area contributed by atoms with Gasteiger partial charge < -0.3 is 9.72 Å². The highest BCUT2D eigenvalue weighted by atomic mass is 19.2. The van der Waals surface area contributed by atoms with Crippen molar-refractivity contribution in [3.8, 4) is 11.3 Å². The number of carbonyl (C=O) groups excluding carboxylic acids is 1. The molecule has 0 fully saturated rings. The second kappa shape index (κ2) is 5.22. The molecule has 1 aromatic carbocycles. The van der Waals surface area contributed by atoms with Gasteiger partial charge in [0.15, 0.2) is 11.6 Å². The van der Waals surface area contributed by atoms with Crippen molar-refractivity contribution in [2.75, 3.05) is 6.61 Å². The molecule has 0 aliphatic carbocycles. The number of rotatable bonds is 3. The van der Waals surface area contributed by atoms with E-state index in [1.807, 2.05) is 0 Å². The Balaban J connectivity index is 2.38. The number of carbonyl (C=O) groups is 1. The fraction of sp³-hybridized carbons (Fsp3) is 0.214. The highest BCUT2D eigenvalue weighted by molar-refractivity contribution is 5.90. The van der Waals surface area contributed by atoms with Gasteiger partial charge in [0.2, 0.25) is 0 Å². The van der Waals surface area contributed by atoms with Gasteiger partial charge in [-0.25, -0.2) is 13.6 Å². The number of hydrogen-bond donors (Lipinski definition) is 1. The number of benzene rings is 1. The van der Waals surface area contributed by atoms with Crippen LogP contribution in [0.5, 0.6) is 0 Å². The first-order valence-electron chi connectivity index (χ1n) is 5.85. The molecule has 1 heterocycles. The van der Waals surface area contributed by atoms with Crippen molar-refractivity contribution in [3.05, 3.63) is 47.2 Å². The minimum Gasteiger partial charge on any atom is -0.461 e. The molecular formula is C14H13F2NO2. The summed E-state index contributed by atoms with van der Waals surface area (Å²) in [5.74, 6) is -2.30. The summed E-state index contributed by atoms with van der Waals surface area (Å²) in [5, 5.41) is 0. The molecule has 0 aliphatic rings. The van der Waals surface area contributed by atoms with E-state index in [1.165, 1.54) is 6.07 Å². The molecule has 2 aromatic rings. The smallest absolute Gasteiger partial charge is 0.355 e. The summed E-state index contributed by atoms with van der Waals surface area (Å²) in [4.78, 5) is 14.5.